The maximum atomic E-state index is 10.5. The van der Waals surface area contributed by atoms with Gasteiger partial charge in [-0.2, -0.15) is 0 Å². The second-order valence-electron chi connectivity index (χ2n) is 2.71. The molecule has 0 radical (unpaired) electrons. The predicted octanol–water partition coefficient (Wildman–Crippen LogP) is 0.0630. The lowest BCUT2D eigenvalue weighted by atomic mass is 10.2. The van der Waals surface area contributed by atoms with Crippen LogP contribution in [0.2, 0.25) is 0 Å². The Bertz CT molecular complexity index is 360. The Kier molecular flexibility index (Phi) is 2.82. The number of rotatable bonds is 4. The fourth-order valence-electron chi connectivity index (χ4n) is 0.957. The Morgan fingerprint density at radius 3 is 2.71 bits per heavy atom. The lowest BCUT2D eigenvalue weighted by molar-refractivity contribution is -0.402. The summed E-state index contributed by atoms with van der Waals surface area (Å²) in [7, 11) is 0. The summed E-state index contributed by atoms with van der Waals surface area (Å²) in [6, 6.07) is 1.79. The van der Waals surface area contributed by atoms with Crippen LogP contribution in [0.4, 0.5) is 5.88 Å². The fraction of sp³-hybridized carbons (Fsp3) is 0.286. The summed E-state index contributed by atoms with van der Waals surface area (Å²) in [6.45, 7) is 0. The van der Waals surface area contributed by atoms with Crippen LogP contribution in [0.25, 0.3) is 0 Å². The third-order valence-electron chi connectivity index (χ3n) is 1.58. The SMILES string of the molecule is NC(=O)CC(N)c1ccc([N+](=O)[O-])o1. The van der Waals surface area contributed by atoms with Gasteiger partial charge in [-0.05, 0) is 6.07 Å². The van der Waals surface area contributed by atoms with E-state index in [0.29, 0.717) is 0 Å². The number of nitrogens with zero attached hydrogens (tertiary/aromatic N) is 1. The molecule has 0 aliphatic heterocycles. The molecule has 1 rings (SSSR count). The molecule has 4 N–H and O–H groups in total. The maximum absolute atomic E-state index is 10.5. The van der Waals surface area contributed by atoms with Crippen molar-refractivity contribution in [3.8, 4) is 0 Å². The van der Waals surface area contributed by atoms with Gasteiger partial charge >= 0.3 is 5.88 Å². The molecule has 1 heterocycles. The van der Waals surface area contributed by atoms with E-state index >= 15 is 0 Å². The molecule has 1 aromatic rings. The number of hydrogen-bond donors (Lipinski definition) is 2. The van der Waals surface area contributed by atoms with Crippen LogP contribution in [0.15, 0.2) is 16.5 Å². The smallest absolute Gasteiger partial charge is 0.404 e. The highest BCUT2D eigenvalue weighted by molar-refractivity contribution is 5.74. The number of primary amides is 1. The second-order valence-corrected chi connectivity index (χ2v) is 2.71. The van der Waals surface area contributed by atoms with Gasteiger partial charge in [0.1, 0.15) is 10.7 Å². The summed E-state index contributed by atoms with van der Waals surface area (Å²) in [5, 5.41) is 10.2. The Balaban J connectivity index is 2.76. The van der Waals surface area contributed by atoms with Crippen molar-refractivity contribution in [1.29, 1.82) is 0 Å². The average molecular weight is 199 g/mol. The Morgan fingerprint density at radius 1 is 1.64 bits per heavy atom. The van der Waals surface area contributed by atoms with Gasteiger partial charge in [0.2, 0.25) is 5.91 Å². The molecule has 0 aliphatic carbocycles. The minimum Gasteiger partial charge on any atom is -0.404 e. The Hall–Kier alpha value is -1.89. The predicted molar refractivity (Wildman–Crippen MR) is 46.1 cm³/mol. The van der Waals surface area contributed by atoms with Crippen molar-refractivity contribution in [3.63, 3.8) is 0 Å². The van der Waals surface area contributed by atoms with Gasteiger partial charge in [0, 0.05) is 6.42 Å². The van der Waals surface area contributed by atoms with Crippen molar-refractivity contribution in [2.24, 2.45) is 11.5 Å². The summed E-state index contributed by atoms with van der Waals surface area (Å²) < 4.78 is 4.78. The zero-order valence-electron chi connectivity index (χ0n) is 7.17. The van der Waals surface area contributed by atoms with Crippen molar-refractivity contribution in [2.75, 3.05) is 0 Å². The van der Waals surface area contributed by atoms with E-state index in [4.69, 9.17) is 15.9 Å². The number of nitro groups is 1. The van der Waals surface area contributed by atoms with E-state index in [-0.39, 0.29) is 12.2 Å². The molecule has 0 saturated carbocycles. The molecular formula is C7H9N3O4. The molecule has 0 saturated heterocycles. The van der Waals surface area contributed by atoms with Crippen LogP contribution in [0.5, 0.6) is 0 Å². The average Bonchev–Trinajstić information content (AvgIpc) is 2.50. The standard InChI is InChI=1S/C7H9N3O4/c8-4(3-6(9)11)5-1-2-7(14-5)10(12)13/h1-2,4H,3,8H2,(H2,9,11). The van der Waals surface area contributed by atoms with Gasteiger partial charge in [-0.3, -0.25) is 14.9 Å². The van der Waals surface area contributed by atoms with Gasteiger partial charge < -0.3 is 15.9 Å². The summed E-state index contributed by atoms with van der Waals surface area (Å²) in [4.78, 5) is 20.0. The van der Waals surface area contributed by atoms with Crippen molar-refractivity contribution >= 4 is 11.8 Å². The number of nitrogens with two attached hydrogens (primary N) is 2. The molecule has 1 atom stereocenters. The number of amides is 1. The molecule has 0 aliphatic rings. The molecule has 1 aromatic heterocycles. The number of carbonyl (C=O) groups excluding carboxylic acids is 1. The summed E-state index contributed by atoms with van der Waals surface area (Å²) in [5.74, 6) is -0.813. The van der Waals surface area contributed by atoms with Crippen LogP contribution >= 0.6 is 0 Å². The number of carbonyl (C=O) groups is 1. The summed E-state index contributed by atoms with van der Waals surface area (Å²) in [5.41, 5.74) is 10.4. The Labute approximate surface area is 78.8 Å². The topological polar surface area (TPSA) is 125 Å². The lowest BCUT2D eigenvalue weighted by Crippen LogP contribution is -2.20. The molecule has 0 spiro atoms. The number of furan rings is 1. The molecular weight excluding hydrogens is 190 g/mol. The quantitative estimate of drug-likeness (QED) is 0.523. The summed E-state index contributed by atoms with van der Waals surface area (Å²) >= 11 is 0. The molecule has 0 fully saturated rings. The molecule has 0 bridgehead atoms. The first-order chi connectivity index (χ1) is 6.50. The molecule has 76 valence electrons. The van der Waals surface area contributed by atoms with Gasteiger partial charge in [0.25, 0.3) is 0 Å². The third-order valence-corrected chi connectivity index (χ3v) is 1.58. The van der Waals surface area contributed by atoms with Crippen LogP contribution in [-0.2, 0) is 4.79 Å². The second kappa shape index (κ2) is 3.88. The van der Waals surface area contributed by atoms with Crippen LogP contribution < -0.4 is 11.5 Å². The summed E-state index contributed by atoms with van der Waals surface area (Å²) in [6.07, 6.45) is -0.106. The highest BCUT2D eigenvalue weighted by atomic mass is 16.6. The molecule has 7 heteroatoms. The zero-order valence-corrected chi connectivity index (χ0v) is 7.17. The van der Waals surface area contributed by atoms with Crippen LogP contribution in [0.3, 0.4) is 0 Å². The van der Waals surface area contributed by atoms with Crippen LogP contribution in [-0.4, -0.2) is 10.8 Å². The highest BCUT2D eigenvalue weighted by Gasteiger charge is 2.17. The molecule has 1 amide bonds. The zero-order chi connectivity index (χ0) is 10.7. The van der Waals surface area contributed by atoms with E-state index in [1.807, 2.05) is 0 Å². The minimum atomic E-state index is -0.735. The van der Waals surface area contributed by atoms with Gasteiger partial charge in [-0.15, -0.1) is 0 Å². The van der Waals surface area contributed by atoms with Crippen LogP contribution in [0, 0.1) is 10.1 Å². The van der Waals surface area contributed by atoms with Crippen molar-refractivity contribution < 1.29 is 14.1 Å². The molecule has 14 heavy (non-hydrogen) atoms. The first-order valence-corrected chi connectivity index (χ1v) is 3.78. The van der Waals surface area contributed by atoms with E-state index in [1.165, 1.54) is 12.1 Å². The molecule has 1 unspecified atom stereocenters. The highest BCUT2D eigenvalue weighted by Crippen LogP contribution is 2.21. The molecule has 7 nitrogen and oxygen atoms in total. The van der Waals surface area contributed by atoms with Gasteiger partial charge in [-0.25, -0.2) is 0 Å². The van der Waals surface area contributed by atoms with Crippen molar-refractivity contribution in [3.05, 3.63) is 28.0 Å². The van der Waals surface area contributed by atoms with Gasteiger partial charge in [0.05, 0.1) is 12.1 Å². The van der Waals surface area contributed by atoms with E-state index in [1.54, 1.807) is 0 Å². The first-order valence-electron chi connectivity index (χ1n) is 3.78. The van der Waals surface area contributed by atoms with Gasteiger partial charge in [0.15, 0.2) is 0 Å². The normalized spacial score (nSPS) is 12.4. The van der Waals surface area contributed by atoms with Crippen molar-refractivity contribution in [2.45, 2.75) is 12.5 Å². The third kappa shape index (κ3) is 2.30. The van der Waals surface area contributed by atoms with E-state index < -0.39 is 22.8 Å². The lowest BCUT2D eigenvalue weighted by Gasteiger charge is -2.03. The number of hydrogen-bond acceptors (Lipinski definition) is 5. The largest absolute Gasteiger partial charge is 0.433 e. The Morgan fingerprint density at radius 2 is 2.29 bits per heavy atom. The van der Waals surface area contributed by atoms with Crippen LogP contribution in [0.1, 0.15) is 18.2 Å². The van der Waals surface area contributed by atoms with E-state index in [0.717, 1.165) is 0 Å². The van der Waals surface area contributed by atoms with Gasteiger partial charge in [-0.1, -0.05) is 0 Å². The first kappa shape index (κ1) is 10.2. The monoisotopic (exact) mass is 199 g/mol. The van der Waals surface area contributed by atoms with E-state index in [2.05, 4.69) is 0 Å². The minimum absolute atomic E-state index is 0.106. The van der Waals surface area contributed by atoms with E-state index in [9.17, 15) is 14.9 Å². The fourth-order valence-corrected chi connectivity index (χ4v) is 0.957. The molecule has 0 aromatic carbocycles. The maximum Gasteiger partial charge on any atom is 0.433 e. The van der Waals surface area contributed by atoms with Crippen molar-refractivity contribution in [1.82, 2.24) is 0 Å².